The van der Waals surface area contributed by atoms with Crippen LogP contribution in [0, 0.1) is 0 Å². The highest BCUT2D eigenvalue weighted by Gasteiger charge is 2.37. The lowest BCUT2D eigenvalue weighted by Crippen LogP contribution is -2.53. The third-order valence-corrected chi connectivity index (χ3v) is 3.70. The van der Waals surface area contributed by atoms with Crippen LogP contribution in [0.4, 0.5) is 0 Å². The fraction of sp³-hybridized carbons (Fsp3) is 0.769. The predicted molar refractivity (Wildman–Crippen MR) is 69.6 cm³/mol. The summed E-state index contributed by atoms with van der Waals surface area (Å²) in [7, 11) is 2.00. The molecule has 1 aromatic rings. The van der Waals surface area contributed by atoms with E-state index in [1.54, 1.807) is 0 Å². The van der Waals surface area contributed by atoms with Crippen LogP contribution in [-0.2, 0) is 7.05 Å². The highest BCUT2D eigenvalue weighted by atomic mass is 15.3. The maximum Gasteiger partial charge on any atom is 0.0674 e. The number of piperidine rings is 1. The van der Waals surface area contributed by atoms with Crippen molar-refractivity contribution in [1.29, 1.82) is 0 Å². The van der Waals surface area contributed by atoms with Gasteiger partial charge in [-0.2, -0.15) is 5.10 Å². The molecule has 0 aromatic carbocycles. The third-order valence-electron chi connectivity index (χ3n) is 3.70. The minimum absolute atomic E-state index is 0.146. The van der Waals surface area contributed by atoms with E-state index in [0.717, 1.165) is 13.0 Å². The number of aromatic nitrogens is 2. The number of likely N-dealkylation sites (tertiary alicyclic amines) is 1. The molecule has 4 heteroatoms. The van der Waals surface area contributed by atoms with E-state index < -0.39 is 0 Å². The van der Waals surface area contributed by atoms with Crippen molar-refractivity contribution < 1.29 is 0 Å². The lowest BCUT2D eigenvalue weighted by atomic mass is 9.89. The molecule has 2 atom stereocenters. The summed E-state index contributed by atoms with van der Waals surface area (Å²) in [6.07, 6.45) is 4.15. The molecular weight excluding hydrogens is 212 g/mol. The van der Waals surface area contributed by atoms with Crippen molar-refractivity contribution >= 4 is 0 Å². The van der Waals surface area contributed by atoms with Gasteiger partial charge in [-0.05, 0) is 46.2 Å². The Morgan fingerprint density at radius 1 is 1.41 bits per heavy atom. The van der Waals surface area contributed by atoms with Crippen molar-refractivity contribution in [2.24, 2.45) is 12.8 Å². The summed E-state index contributed by atoms with van der Waals surface area (Å²) in [6, 6.07) is 2.59. The SMILES string of the molecule is Cn1nccc1C1C(N)CCCN1C(C)(C)C. The first-order valence-electron chi connectivity index (χ1n) is 6.41. The molecule has 2 rings (SSSR count). The zero-order valence-electron chi connectivity index (χ0n) is 11.3. The van der Waals surface area contributed by atoms with E-state index in [1.807, 2.05) is 17.9 Å². The summed E-state index contributed by atoms with van der Waals surface area (Å²) in [5.74, 6) is 0. The highest BCUT2D eigenvalue weighted by Crippen LogP contribution is 2.34. The molecule has 1 aliphatic heterocycles. The van der Waals surface area contributed by atoms with E-state index in [2.05, 4.69) is 36.8 Å². The first-order chi connectivity index (χ1) is 7.91. The number of rotatable bonds is 1. The third kappa shape index (κ3) is 2.38. The fourth-order valence-corrected chi connectivity index (χ4v) is 2.83. The summed E-state index contributed by atoms with van der Waals surface area (Å²) in [4.78, 5) is 2.51. The van der Waals surface area contributed by atoms with Gasteiger partial charge in [-0.25, -0.2) is 0 Å². The monoisotopic (exact) mass is 236 g/mol. The van der Waals surface area contributed by atoms with Gasteiger partial charge in [0, 0.05) is 24.8 Å². The number of nitrogens with zero attached hydrogens (tertiary/aromatic N) is 3. The molecule has 2 heterocycles. The van der Waals surface area contributed by atoms with Gasteiger partial charge in [0.15, 0.2) is 0 Å². The van der Waals surface area contributed by atoms with Gasteiger partial charge in [0.2, 0.25) is 0 Å². The summed E-state index contributed by atoms with van der Waals surface area (Å²) < 4.78 is 1.95. The molecule has 0 bridgehead atoms. The van der Waals surface area contributed by atoms with E-state index in [9.17, 15) is 0 Å². The van der Waals surface area contributed by atoms with Crippen LogP contribution in [0.3, 0.4) is 0 Å². The second-order valence-corrected chi connectivity index (χ2v) is 5.99. The average Bonchev–Trinajstić information content (AvgIpc) is 2.62. The average molecular weight is 236 g/mol. The van der Waals surface area contributed by atoms with Crippen molar-refractivity contribution in [3.8, 4) is 0 Å². The molecule has 0 spiro atoms. The summed E-state index contributed by atoms with van der Waals surface area (Å²) >= 11 is 0. The van der Waals surface area contributed by atoms with Crippen molar-refractivity contribution in [2.45, 2.75) is 51.2 Å². The number of hydrogen-bond acceptors (Lipinski definition) is 3. The molecule has 96 valence electrons. The minimum Gasteiger partial charge on any atom is -0.326 e. The smallest absolute Gasteiger partial charge is 0.0674 e. The normalized spacial score (nSPS) is 27.4. The molecule has 0 saturated carbocycles. The Labute approximate surface area is 104 Å². The van der Waals surface area contributed by atoms with Crippen LogP contribution >= 0.6 is 0 Å². The van der Waals surface area contributed by atoms with Crippen LogP contribution in [0.25, 0.3) is 0 Å². The van der Waals surface area contributed by atoms with Crippen LogP contribution in [0.15, 0.2) is 12.3 Å². The first kappa shape index (κ1) is 12.6. The molecule has 0 radical (unpaired) electrons. The fourth-order valence-electron chi connectivity index (χ4n) is 2.83. The van der Waals surface area contributed by atoms with Gasteiger partial charge >= 0.3 is 0 Å². The van der Waals surface area contributed by atoms with Gasteiger partial charge in [0.05, 0.1) is 11.7 Å². The molecule has 17 heavy (non-hydrogen) atoms. The van der Waals surface area contributed by atoms with Gasteiger partial charge in [-0.3, -0.25) is 9.58 Å². The van der Waals surface area contributed by atoms with Crippen molar-refractivity contribution in [3.05, 3.63) is 18.0 Å². The second-order valence-electron chi connectivity index (χ2n) is 5.99. The van der Waals surface area contributed by atoms with E-state index in [0.29, 0.717) is 0 Å². The van der Waals surface area contributed by atoms with E-state index in [-0.39, 0.29) is 17.6 Å². The molecule has 0 amide bonds. The number of hydrogen-bond donors (Lipinski definition) is 1. The topological polar surface area (TPSA) is 47.1 Å². The first-order valence-corrected chi connectivity index (χ1v) is 6.41. The predicted octanol–water partition coefficient (Wildman–Crippen LogP) is 1.68. The van der Waals surface area contributed by atoms with Crippen LogP contribution in [-0.4, -0.2) is 32.8 Å². The summed E-state index contributed by atoms with van der Waals surface area (Å²) in [5, 5.41) is 4.28. The molecule has 2 N–H and O–H groups in total. The molecule has 1 saturated heterocycles. The van der Waals surface area contributed by atoms with Crippen LogP contribution in [0.2, 0.25) is 0 Å². The summed E-state index contributed by atoms with van der Waals surface area (Å²) in [6.45, 7) is 7.89. The number of nitrogens with two attached hydrogens (primary N) is 1. The maximum absolute atomic E-state index is 6.34. The minimum atomic E-state index is 0.146. The van der Waals surface area contributed by atoms with Gasteiger partial charge in [0.1, 0.15) is 0 Å². The van der Waals surface area contributed by atoms with Crippen molar-refractivity contribution in [3.63, 3.8) is 0 Å². The molecule has 4 nitrogen and oxygen atoms in total. The number of aryl methyl sites for hydroxylation is 1. The van der Waals surface area contributed by atoms with Gasteiger partial charge in [0.25, 0.3) is 0 Å². The van der Waals surface area contributed by atoms with E-state index in [1.165, 1.54) is 12.1 Å². The van der Waals surface area contributed by atoms with E-state index in [4.69, 9.17) is 5.73 Å². The van der Waals surface area contributed by atoms with Crippen molar-refractivity contribution in [1.82, 2.24) is 14.7 Å². The molecule has 1 aliphatic rings. The van der Waals surface area contributed by atoms with Crippen LogP contribution in [0.5, 0.6) is 0 Å². The quantitative estimate of drug-likeness (QED) is 0.807. The molecule has 0 aliphatic carbocycles. The maximum atomic E-state index is 6.34. The Balaban J connectivity index is 2.35. The molecular formula is C13H24N4. The van der Waals surface area contributed by atoms with E-state index >= 15 is 0 Å². The Morgan fingerprint density at radius 3 is 2.65 bits per heavy atom. The van der Waals surface area contributed by atoms with Crippen molar-refractivity contribution in [2.75, 3.05) is 6.54 Å². The Hall–Kier alpha value is -0.870. The Morgan fingerprint density at radius 2 is 2.12 bits per heavy atom. The summed E-state index contributed by atoms with van der Waals surface area (Å²) in [5.41, 5.74) is 7.72. The second kappa shape index (κ2) is 4.42. The highest BCUT2D eigenvalue weighted by molar-refractivity contribution is 5.12. The molecule has 1 fully saturated rings. The van der Waals surface area contributed by atoms with Crippen LogP contribution < -0.4 is 5.73 Å². The standard InChI is InChI=1S/C13H24N4/c1-13(2,3)17-9-5-6-10(14)12(17)11-7-8-15-16(11)4/h7-8,10,12H,5-6,9,14H2,1-4H3. The van der Waals surface area contributed by atoms with Crippen LogP contribution in [0.1, 0.15) is 45.3 Å². The van der Waals surface area contributed by atoms with Gasteiger partial charge < -0.3 is 5.73 Å². The zero-order chi connectivity index (χ0) is 12.6. The Bertz CT molecular complexity index is 377. The zero-order valence-corrected chi connectivity index (χ0v) is 11.3. The lowest BCUT2D eigenvalue weighted by molar-refractivity contribution is 0.0344. The lowest BCUT2D eigenvalue weighted by Gasteiger charge is -2.47. The molecule has 2 unspecified atom stereocenters. The van der Waals surface area contributed by atoms with Gasteiger partial charge in [-0.1, -0.05) is 0 Å². The Kier molecular flexibility index (Phi) is 3.27. The molecule has 1 aromatic heterocycles. The largest absolute Gasteiger partial charge is 0.326 e. The van der Waals surface area contributed by atoms with Gasteiger partial charge in [-0.15, -0.1) is 0 Å².